The highest BCUT2D eigenvalue weighted by Gasteiger charge is 2.30. The molecule has 2 heterocycles. The van der Waals surface area contributed by atoms with Crippen LogP contribution in [-0.4, -0.2) is 38.0 Å². The Morgan fingerprint density at radius 1 is 1.29 bits per heavy atom. The lowest BCUT2D eigenvalue weighted by molar-refractivity contribution is -0.120. The first-order valence-corrected chi connectivity index (χ1v) is 10.9. The number of carbonyl (C=O) groups is 1. The third kappa shape index (κ3) is 3.48. The van der Waals surface area contributed by atoms with E-state index in [-0.39, 0.29) is 11.8 Å². The van der Waals surface area contributed by atoms with Crippen LogP contribution in [0.1, 0.15) is 41.7 Å². The molecule has 0 radical (unpaired) electrons. The normalized spacial score (nSPS) is 19.5. The summed E-state index contributed by atoms with van der Waals surface area (Å²) in [5.74, 6) is -0.299. The zero-order valence-corrected chi connectivity index (χ0v) is 15.3. The van der Waals surface area contributed by atoms with E-state index in [2.05, 4.69) is 11.4 Å². The number of aryl methyl sites for hydroxylation is 1. The van der Waals surface area contributed by atoms with E-state index < -0.39 is 10.0 Å². The van der Waals surface area contributed by atoms with Crippen molar-refractivity contribution in [3.8, 4) is 6.07 Å². The predicted octanol–water partition coefficient (Wildman–Crippen LogP) is 2.11. The second-order valence-electron chi connectivity index (χ2n) is 6.45. The molecule has 3 rings (SSSR count). The number of carbonyl (C=O) groups excluding carboxylic acids is 1. The summed E-state index contributed by atoms with van der Waals surface area (Å²) < 4.78 is 24.5. The van der Waals surface area contributed by atoms with E-state index in [1.807, 2.05) is 0 Å². The maximum atomic E-state index is 12.5. The smallest absolute Gasteiger partial charge is 0.228 e. The van der Waals surface area contributed by atoms with Gasteiger partial charge in [0.25, 0.3) is 0 Å². The van der Waals surface area contributed by atoms with Crippen LogP contribution in [0.15, 0.2) is 0 Å². The number of thiophene rings is 1. The zero-order chi connectivity index (χ0) is 17.3. The minimum atomic E-state index is -3.19. The summed E-state index contributed by atoms with van der Waals surface area (Å²) in [4.78, 5) is 13.7. The highest BCUT2D eigenvalue weighted by molar-refractivity contribution is 7.88. The fraction of sp³-hybridized carbons (Fsp3) is 0.625. The molecule has 8 heteroatoms. The largest absolute Gasteiger partial charge is 0.316 e. The van der Waals surface area contributed by atoms with Gasteiger partial charge in [-0.05, 0) is 44.1 Å². The quantitative estimate of drug-likeness (QED) is 0.886. The fourth-order valence-corrected chi connectivity index (χ4v) is 5.55. The van der Waals surface area contributed by atoms with Crippen LogP contribution in [0.25, 0.3) is 0 Å². The molecular formula is C16H21N3O3S2. The molecule has 1 aliphatic heterocycles. The molecule has 1 fully saturated rings. The van der Waals surface area contributed by atoms with Gasteiger partial charge in [0.1, 0.15) is 11.1 Å². The summed E-state index contributed by atoms with van der Waals surface area (Å²) in [6.07, 6.45) is 6.36. The van der Waals surface area contributed by atoms with Gasteiger partial charge in [-0.25, -0.2) is 12.7 Å². The zero-order valence-electron chi connectivity index (χ0n) is 13.7. The van der Waals surface area contributed by atoms with E-state index in [1.54, 1.807) is 0 Å². The van der Waals surface area contributed by atoms with Gasteiger partial charge in [-0.2, -0.15) is 5.26 Å². The first-order chi connectivity index (χ1) is 11.4. The number of nitriles is 1. The average molecular weight is 367 g/mol. The Labute approximate surface area is 146 Å². The van der Waals surface area contributed by atoms with E-state index >= 15 is 0 Å². The number of rotatable bonds is 3. The van der Waals surface area contributed by atoms with Crippen molar-refractivity contribution in [2.75, 3.05) is 24.7 Å². The molecular weight excluding hydrogens is 346 g/mol. The number of hydrogen-bond acceptors (Lipinski definition) is 5. The number of nitrogens with zero attached hydrogens (tertiary/aromatic N) is 2. The van der Waals surface area contributed by atoms with Gasteiger partial charge in [0.15, 0.2) is 0 Å². The number of fused-ring (bicyclic) bond motifs is 1. The van der Waals surface area contributed by atoms with E-state index in [9.17, 15) is 18.5 Å². The molecule has 1 aromatic rings. The van der Waals surface area contributed by atoms with Crippen molar-refractivity contribution in [2.24, 2.45) is 5.92 Å². The van der Waals surface area contributed by atoms with Crippen LogP contribution in [0.2, 0.25) is 0 Å². The molecule has 1 aliphatic carbocycles. The molecule has 0 unspecified atom stereocenters. The van der Waals surface area contributed by atoms with Gasteiger partial charge in [-0.1, -0.05) is 0 Å². The Kier molecular flexibility index (Phi) is 4.95. The Hall–Kier alpha value is -1.43. The van der Waals surface area contributed by atoms with Gasteiger partial charge in [0, 0.05) is 23.9 Å². The highest BCUT2D eigenvalue weighted by atomic mass is 32.2. The molecule has 0 bridgehead atoms. The van der Waals surface area contributed by atoms with Crippen LogP contribution in [-0.2, 0) is 27.7 Å². The van der Waals surface area contributed by atoms with Crippen LogP contribution in [0.4, 0.5) is 5.00 Å². The van der Waals surface area contributed by atoms with Crippen LogP contribution >= 0.6 is 11.3 Å². The fourth-order valence-electron chi connectivity index (χ4n) is 3.44. The van der Waals surface area contributed by atoms with Crippen molar-refractivity contribution < 1.29 is 13.2 Å². The van der Waals surface area contributed by atoms with Crippen molar-refractivity contribution in [1.29, 1.82) is 5.26 Å². The number of hydrogen-bond donors (Lipinski definition) is 1. The minimum Gasteiger partial charge on any atom is -0.316 e. The molecule has 1 saturated heterocycles. The minimum absolute atomic E-state index is 0.0988. The van der Waals surface area contributed by atoms with Gasteiger partial charge in [-0.3, -0.25) is 4.79 Å². The van der Waals surface area contributed by atoms with Gasteiger partial charge >= 0.3 is 0 Å². The summed E-state index contributed by atoms with van der Waals surface area (Å²) in [7, 11) is -3.19. The summed E-state index contributed by atoms with van der Waals surface area (Å²) in [5, 5.41) is 13.0. The number of sulfonamides is 1. The second kappa shape index (κ2) is 6.82. The van der Waals surface area contributed by atoms with E-state index in [4.69, 9.17) is 0 Å². The van der Waals surface area contributed by atoms with Crippen LogP contribution in [0.3, 0.4) is 0 Å². The van der Waals surface area contributed by atoms with Crippen molar-refractivity contribution in [3.63, 3.8) is 0 Å². The Morgan fingerprint density at radius 3 is 2.58 bits per heavy atom. The monoisotopic (exact) mass is 367 g/mol. The topological polar surface area (TPSA) is 90.3 Å². The van der Waals surface area contributed by atoms with Gasteiger partial charge in [-0.15, -0.1) is 11.3 Å². The molecule has 6 nitrogen and oxygen atoms in total. The van der Waals surface area contributed by atoms with Crippen molar-refractivity contribution >= 4 is 32.3 Å². The third-order valence-corrected chi connectivity index (χ3v) is 7.32. The number of amides is 1. The van der Waals surface area contributed by atoms with Gasteiger partial charge < -0.3 is 5.32 Å². The molecule has 0 aromatic carbocycles. The lowest BCUT2D eigenvalue weighted by atomic mass is 9.95. The molecule has 0 saturated carbocycles. The SMILES string of the molecule is CS(=O)(=O)N1CCC(C(=O)Nc2sc3c(c2C#N)CCCC3)CC1. The molecule has 2 aliphatic rings. The van der Waals surface area contributed by atoms with Crippen molar-refractivity contribution in [2.45, 2.75) is 38.5 Å². The molecule has 24 heavy (non-hydrogen) atoms. The molecule has 1 aromatic heterocycles. The van der Waals surface area contributed by atoms with E-state index in [0.717, 1.165) is 31.2 Å². The number of piperidine rings is 1. The lowest BCUT2D eigenvalue weighted by Crippen LogP contribution is -2.40. The molecule has 1 amide bonds. The Morgan fingerprint density at radius 2 is 1.96 bits per heavy atom. The van der Waals surface area contributed by atoms with Crippen molar-refractivity contribution in [1.82, 2.24) is 4.31 Å². The van der Waals surface area contributed by atoms with Crippen LogP contribution in [0, 0.1) is 17.2 Å². The van der Waals surface area contributed by atoms with Crippen molar-refractivity contribution in [3.05, 3.63) is 16.0 Å². The summed E-state index contributed by atoms with van der Waals surface area (Å²) in [6.45, 7) is 0.756. The Balaban J connectivity index is 1.68. The first-order valence-electron chi connectivity index (χ1n) is 8.20. The molecule has 0 spiro atoms. The lowest BCUT2D eigenvalue weighted by Gasteiger charge is -2.29. The molecule has 0 atom stereocenters. The maximum absolute atomic E-state index is 12.5. The molecule has 1 N–H and O–H groups in total. The number of nitrogens with one attached hydrogen (secondary N) is 1. The Bertz CT molecular complexity index is 784. The second-order valence-corrected chi connectivity index (χ2v) is 9.54. The van der Waals surface area contributed by atoms with E-state index in [0.29, 0.717) is 36.5 Å². The van der Waals surface area contributed by atoms with Gasteiger partial charge in [0.2, 0.25) is 15.9 Å². The standard InChI is InChI=1S/C16H21N3O3S2/c1-24(21,22)19-8-6-11(7-9-19)15(20)18-16-13(10-17)12-4-2-3-5-14(12)23-16/h11H,2-9H2,1H3,(H,18,20). The molecule has 130 valence electrons. The van der Waals surface area contributed by atoms with E-state index in [1.165, 1.54) is 26.8 Å². The van der Waals surface area contributed by atoms with Gasteiger partial charge in [0.05, 0.1) is 11.8 Å². The summed E-state index contributed by atoms with van der Waals surface area (Å²) in [5.41, 5.74) is 1.73. The summed E-state index contributed by atoms with van der Waals surface area (Å²) in [6, 6.07) is 2.25. The average Bonchev–Trinajstić information content (AvgIpc) is 2.91. The third-order valence-electron chi connectivity index (χ3n) is 4.81. The first kappa shape index (κ1) is 17.4. The predicted molar refractivity (Wildman–Crippen MR) is 93.4 cm³/mol. The highest BCUT2D eigenvalue weighted by Crippen LogP contribution is 2.38. The summed E-state index contributed by atoms with van der Waals surface area (Å²) >= 11 is 1.52. The maximum Gasteiger partial charge on any atom is 0.228 e. The van der Waals surface area contributed by atoms with Crippen LogP contribution in [0.5, 0.6) is 0 Å². The van der Waals surface area contributed by atoms with Crippen LogP contribution < -0.4 is 5.32 Å². The number of anilines is 1.